The second-order valence-corrected chi connectivity index (χ2v) is 4.22. The maximum Gasteiger partial charge on any atom is 0.0445 e. The summed E-state index contributed by atoms with van der Waals surface area (Å²) in [6.45, 7) is 7.48. The number of nitrogens with one attached hydrogen (secondary N) is 1. The molecule has 84 valence electrons. The van der Waals surface area contributed by atoms with E-state index in [9.17, 15) is 0 Å². The Morgan fingerprint density at radius 1 is 1.33 bits per heavy atom. The number of benzene rings is 1. The van der Waals surface area contributed by atoms with Crippen LogP contribution in [0.25, 0.3) is 0 Å². The average molecular weight is 207 g/mol. The van der Waals surface area contributed by atoms with Gasteiger partial charge >= 0.3 is 0 Å². The fraction of sp³-hybridized carbons (Fsp3) is 0.538. The van der Waals surface area contributed by atoms with Gasteiger partial charge in [-0.25, -0.2) is 0 Å². The summed E-state index contributed by atoms with van der Waals surface area (Å²) in [5.41, 5.74) is 3.97. The Morgan fingerprint density at radius 2 is 2.07 bits per heavy atom. The van der Waals surface area contributed by atoms with Crippen molar-refractivity contribution < 1.29 is 5.11 Å². The first-order chi connectivity index (χ1) is 7.13. The van der Waals surface area contributed by atoms with Crippen LogP contribution >= 0.6 is 0 Å². The first-order valence-electron chi connectivity index (χ1n) is 5.54. The molecule has 0 saturated carbocycles. The maximum atomic E-state index is 8.79. The monoisotopic (exact) mass is 207 g/mol. The highest BCUT2D eigenvalue weighted by atomic mass is 16.3. The fourth-order valence-electron chi connectivity index (χ4n) is 1.57. The molecule has 0 aliphatic heterocycles. The lowest BCUT2D eigenvalue weighted by Crippen LogP contribution is -2.26. The Kier molecular flexibility index (Phi) is 4.79. The molecule has 0 aliphatic carbocycles. The van der Waals surface area contributed by atoms with E-state index in [1.165, 1.54) is 16.7 Å². The van der Waals surface area contributed by atoms with Crippen molar-refractivity contribution in [2.45, 2.75) is 39.8 Å². The lowest BCUT2D eigenvalue weighted by Gasteiger charge is -2.14. The third-order valence-corrected chi connectivity index (χ3v) is 2.71. The maximum absolute atomic E-state index is 8.79. The summed E-state index contributed by atoms with van der Waals surface area (Å²) >= 11 is 0. The molecule has 1 atom stereocenters. The molecule has 2 N–H and O–H groups in total. The van der Waals surface area contributed by atoms with Crippen LogP contribution in [0.3, 0.4) is 0 Å². The standard InChI is InChI=1S/C13H21NO/c1-10-4-5-11(2)13(8-10)9-14-12(3)6-7-15/h4-5,8,12,14-15H,6-7,9H2,1-3H3. The van der Waals surface area contributed by atoms with Gasteiger partial charge in [0.2, 0.25) is 0 Å². The third-order valence-electron chi connectivity index (χ3n) is 2.71. The van der Waals surface area contributed by atoms with Gasteiger partial charge < -0.3 is 10.4 Å². The lowest BCUT2D eigenvalue weighted by molar-refractivity contribution is 0.268. The number of aliphatic hydroxyl groups excluding tert-OH is 1. The van der Waals surface area contributed by atoms with E-state index in [-0.39, 0.29) is 6.61 Å². The topological polar surface area (TPSA) is 32.3 Å². The zero-order chi connectivity index (χ0) is 11.3. The Hall–Kier alpha value is -0.860. The largest absolute Gasteiger partial charge is 0.396 e. The molecule has 0 aliphatic rings. The van der Waals surface area contributed by atoms with Crippen LogP contribution in [0.15, 0.2) is 18.2 Å². The second kappa shape index (κ2) is 5.89. The quantitative estimate of drug-likeness (QED) is 0.775. The van der Waals surface area contributed by atoms with Gasteiger partial charge in [-0.05, 0) is 38.3 Å². The van der Waals surface area contributed by atoms with Gasteiger partial charge in [0.05, 0.1) is 0 Å². The van der Waals surface area contributed by atoms with Gasteiger partial charge in [-0.3, -0.25) is 0 Å². The minimum Gasteiger partial charge on any atom is -0.396 e. The van der Waals surface area contributed by atoms with E-state index in [4.69, 9.17) is 5.11 Å². The minimum atomic E-state index is 0.251. The van der Waals surface area contributed by atoms with Crippen molar-refractivity contribution in [2.24, 2.45) is 0 Å². The predicted octanol–water partition coefficient (Wildman–Crippen LogP) is 2.16. The first-order valence-corrected chi connectivity index (χ1v) is 5.54. The zero-order valence-corrected chi connectivity index (χ0v) is 9.88. The van der Waals surface area contributed by atoms with Crippen molar-refractivity contribution in [3.8, 4) is 0 Å². The van der Waals surface area contributed by atoms with Crippen LogP contribution in [-0.2, 0) is 6.54 Å². The molecule has 0 radical (unpaired) electrons. The van der Waals surface area contributed by atoms with Crippen LogP contribution in [0.2, 0.25) is 0 Å². The highest BCUT2D eigenvalue weighted by Crippen LogP contribution is 2.10. The molecule has 0 spiro atoms. The van der Waals surface area contributed by atoms with E-state index in [2.05, 4.69) is 44.3 Å². The van der Waals surface area contributed by atoms with Gasteiger partial charge in [-0.15, -0.1) is 0 Å². The molecular weight excluding hydrogens is 186 g/mol. The SMILES string of the molecule is Cc1ccc(C)c(CNC(C)CCO)c1. The Morgan fingerprint density at radius 3 is 2.73 bits per heavy atom. The summed E-state index contributed by atoms with van der Waals surface area (Å²) in [6, 6.07) is 6.88. The van der Waals surface area contributed by atoms with Crippen molar-refractivity contribution in [2.75, 3.05) is 6.61 Å². The van der Waals surface area contributed by atoms with E-state index >= 15 is 0 Å². The second-order valence-electron chi connectivity index (χ2n) is 4.22. The molecule has 0 aromatic heterocycles. The average Bonchev–Trinajstić information content (AvgIpc) is 2.20. The van der Waals surface area contributed by atoms with E-state index in [1.807, 2.05) is 0 Å². The predicted molar refractivity (Wildman–Crippen MR) is 63.9 cm³/mol. The summed E-state index contributed by atoms with van der Waals surface area (Å²) in [7, 11) is 0. The summed E-state index contributed by atoms with van der Waals surface area (Å²) in [5, 5.41) is 12.2. The molecule has 0 heterocycles. The minimum absolute atomic E-state index is 0.251. The highest BCUT2D eigenvalue weighted by Gasteiger charge is 2.02. The number of rotatable bonds is 5. The molecule has 0 bridgehead atoms. The van der Waals surface area contributed by atoms with Crippen LogP contribution in [0.1, 0.15) is 30.0 Å². The Balaban J connectivity index is 2.53. The molecule has 0 amide bonds. The third kappa shape index (κ3) is 4.02. The molecule has 2 nitrogen and oxygen atoms in total. The molecule has 1 aromatic rings. The summed E-state index contributed by atoms with van der Waals surface area (Å²) in [4.78, 5) is 0. The van der Waals surface area contributed by atoms with Gasteiger partial charge in [-0.1, -0.05) is 23.8 Å². The summed E-state index contributed by atoms with van der Waals surface area (Å²) in [5.74, 6) is 0. The Labute approximate surface area is 92.3 Å². The van der Waals surface area contributed by atoms with Crippen molar-refractivity contribution in [1.29, 1.82) is 0 Å². The molecule has 2 heteroatoms. The smallest absolute Gasteiger partial charge is 0.0445 e. The summed E-state index contributed by atoms with van der Waals surface area (Å²) in [6.07, 6.45) is 0.810. The molecular formula is C13H21NO. The van der Waals surface area contributed by atoms with E-state index in [0.29, 0.717) is 6.04 Å². The number of aliphatic hydroxyl groups is 1. The van der Waals surface area contributed by atoms with Crippen LogP contribution in [0.4, 0.5) is 0 Å². The zero-order valence-electron chi connectivity index (χ0n) is 9.88. The van der Waals surface area contributed by atoms with Crippen LogP contribution in [0, 0.1) is 13.8 Å². The fourth-order valence-corrected chi connectivity index (χ4v) is 1.57. The van der Waals surface area contributed by atoms with Crippen molar-refractivity contribution in [1.82, 2.24) is 5.32 Å². The van der Waals surface area contributed by atoms with Gasteiger partial charge in [0.25, 0.3) is 0 Å². The van der Waals surface area contributed by atoms with Gasteiger partial charge in [-0.2, -0.15) is 0 Å². The van der Waals surface area contributed by atoms with Crippen molar-refractivity contribution >= 4 is 0 Å². The van der Waals surface area contributed by atoms with Crippen LogP contribution in [0.5, 0.6) is 0 Å². The van der Waals surface area contributed by atoms with Crippen LogP contribution in [-0.4, -0.2) is 17.8 Å². The van der Waals surface area contributed by atoms with Crippen molar-refractivity contribution in [3.05, 3.63) is 34.9 Å². The van der Waals surface area contributed by atoms with Gasteiger partial charge in [0.1, 0.15) is 0 Å². The molecule has 1 rings (SSSR count). The summed E-state index contributed by atoms with van der Waals surface area (Å²) < 4.78 is 0. The highest BCUT2D eigenvalue weighted by molar-refractivity contribution is 5.30. The molecule has 1 unspecified atom stereocenters. The van der Waals surface area contributed by atoms with Gasteiger partial charge in [0.15, 0.2) is 0 Å². The first kappa shape index (κ1) is 12.2. The lowest BCUT2D eigenvalue weighted by atomic mass is 10.1. The van der Waals surface area contributed by atoms with Crippen LogP contribution < -0.4 is 5.32 Å². The van der Waals surface area contributed by atoms with E-state index < -0.39 is 0 Å². The molecule has 0 fully saturated rings. The number of aryl methyl sites for hydroxylation is 2. The normalized spacial score (nSPS) is 12.8. The molecule has 15 heavy (non-hydrogen) atoms. The number of hydrogen-bond acceptors (Lipinski definition) is 2. The molecule has 1 aromatic carbocycles. The van der Waals surface area contributed by atoms with Crippen molar-refractivity contribution in [3.63, 3.8) is 0 Å². The Bertz CT molecular complexity index is 309. The van der Waals surface area contributed by atoms with E-state index in [0.717, 1.165) is 13.0 Å². The van der Waals surface area contributed by atoms with Gasteiger partial charge in [0, 0.05) is 19.2 Å². The number of hydrogen-bond donors (Lipinski definition) is 2. The molecule has 0 saturated heterocycles. The van der Waals surface area contributed by atoms with E-state index in [1.54, 1.807) is 0 Å².